The van der Waals surface area contributed by atoms with Crippen LogP contribution in [-0.2, 0) is 4.74 Å². The van der Waals surface area contributed by atoms with Gasteiger partial charge in [-0.05, 0) is 0 Å². The molecule has 3 N–H and O–H groups in total. The number of likely N-dealkylation sites (N-methyl/N-ethyl adjacent to an activating group) is 1. The molecule has 1 aliphatic rings. The number of rotatable bonds is 1. The van der Waals surface area contributed by atoms with E-state index in [9.17, 15) is 10.2 Å². The normalized spacial score (nSPS) is 32.2. The third kappa shape index (κ3) is 1.52. The Morgan fingerprint density at radius 2 is 2.27 bits per heavy atom. The highest BCUT2D eigenvalue weighted by atomic mass is 16.7. The second-order valence-electron chi connectivity index (χ2n) is 2.49. The largest absolute Gasteiger partial charge is 0.363 e. The third-order valence-electron chi connectivity index (χ3n) is 1.82. The van der Waals surface area contributed by atoms with Gasteiger partial charge in [-0.2, -0.15) is 0 Å². The zero-order valence-corrected chi connectivity index (χ0v) is 6.40. The van der Waals surface area contributed by atoms with Crippen molar-refractivity contribution in [3.05, 3.63) is 0 Å². The maximum absolute atomic E-state index is 9.21. The molecule has 0 bridgehead atoms. The summed E-state index contributed by atoms with van der Waals surface area (Å²) in [5, 5.41) is 27.4. The lowest BCUT2D eigenvalue weighted by Crippen LogP contribution is -2.62. The lowest BCUT2D eigenvalue weighted by atomic mass is 10.3. The molecule has 66 valence electrons. The Labute approximate surface area is 64.8 Å². The van der Waals surface area contributed by atoms with Crippen molar-refractivity contribution < 1.29 is 20.1 Å². The molecular formula is C6H13NO4. The average molecular weight is 163 g/mol. The molecule has 11 heavy (non-hydrogen) atoms. The average Bonchev–Trinajstić information content (AvgIpc) is 1.95. The predicted octanol–water partition coefficient (Wildman–Crippen LogP) is -1.70. The van der Waals surface area contributed by atoms with Crippen molar-refractivity contribution >= 4 is 0 Å². The molecule has 1 aliphatic heterocycles. The highest BCUT2D eigenvalue weighted by Gasteiger charge is 2.42. The molecule has 1 fully saturated rings. The molecule has 1 heterocycles. The highest BCUT2D eigenvalue weighted by Crippen LogP contribution is 2.18. The standard InChI is InChI=1S/C6H13NO4/c1-2-7-3-4-11-5(8)6(7,9)10/h5,8-10H,2-4H2,1H3. The first kappa shape index (κ1) is 8.89. The number of nitrogens with zero attached hydrogens (tertiary/aromatic N) is 1. The molecule has 0 saturated carbocycles. The van der Waals surface area contributed by atoms with Crippen molar-refractivity contribution in [3.8, 4) is 0 Å². The van der Waals surface area contributed by atoms with Crippen LogP contribution in [0.5, 0.6) is 0 Å². The Morgan fingerprint density at radius 1 is 1.64 bits per heavy atom. The Morgan fingerprint density at radius 3 is 2.73 bits per heavy atom. The van der Waals surface area contributed by atoms with Crippen LogP contribution in [0.15, 0.2) is 0 Å². The molecule has 1 rings (SSSR count). The lowest BCUT2D eigenvalue weighted by Gasteiger charge is -2.40. The van der Waals surface area contributed by atoms with E-state index < -0.39 is 12.2 Å². The van der Waals surface area contributed by atoms with E-state index in [1.165, 1.54) is 4.90 Å². The number of aliphatic hydroxyl groups is 3. The van der Waals surface area contributed by atoms with Gasteiger partial charge in [-0.3, -0.25) is 0 Å². The highest BCUT2D eigenvalue weighted by molar-refractivity contribution is 4.74. The number of aliphatic hydroxyl groups excluding tert-OH is 1. The van der Waals surface area contributed by atoms with Gasteiger partial charge in [0.25, 0.3) is 5.91 Å². The molecule has 1 unspecified atom stereocenters. The van der Waals surface area contributed by atoms with Gasteiger partial charge in [0.2, 0.25) is 6.29 Å². The van der Waals surface area contributed by atoms with Gasteiger partial charge in [0.15, 0.2) is 0 Å². The van der Waals surface area contributed by atoms with Gasteiger partial charge in [0.05, 0.1) is 6.61 Å². The molecule has 0 amide bonds. The SMILES string of the molecule is CCN1CCOC(O)C1(O)O. The smallest absolute Gasteiger partial charge is 0.278 e. The van der Waals surface area contributed by atoms with Crippen LogP contribution < -0.4 is 0 Å². The molecule has 1 atom stereocenters. The fraction of sp³-hybridized carbons (Fsp3) is 1.00. The third-order valence-corrected chi connectivity index (χ3v) is 1.82. The minimum Gasteiger partial charge on any atom is -0.363 e. The Balaban J connectivity index is 2.64. The second kappa shape index (κ2) is 3.04. The van der Waals surface area contributed by atoms with Crippen molar-refractivity contribution in [2.45, 2.75) is 19.1 Å². The van der Waals surface area contributed by atoms with Crippen LogP contribution in [0.25, 0.3) is 0 Å². The monoisotopic (exact) mass is 163 g/mol. The second-order valence-corrected chi connectivity index (χ2v) is 2.49. The van der Waals surface area contributed by atoms with Crippen LogP contribution >= 0.6 is 0 Å². The number of ether oxygens (including phenoxy) is 1. The number of hydrogen-bond donors (Lipinski definition) is 3. The van der Waals surface area contributed by atoms with Gasteiger partial charge in [-0.1, -0.05) is 6.92 Å². The summed E-state index contributed by atoms with van der Waals surface area (Å²) in [5.41, 5.74) is 0. The van der Waals surface area contributed by atoms with E-state index in [1.807, 2.05) is 0 Å². The van der Waals surface area contributed by atoms with Gasteiger partial charge in [-0.25, -0.2) is 4.90 Å². The van der Waals surface area contributed by atoms with Crippen LogP contribution in [0.4, 0.5) is 0 Å². The molecular weight excluding hydrogens is 150 g/mol. The minimum atomic E-state index is -2.23. The molecule has 0 aliphatic carbocycles. The van der Waals surface area contributed by atoms with Crippen molar-refractivity contribution in [2.24, 2.45) is 0 Å². The fourth-order valence-electron chi connectivity index (χ4n) is 1.10. The number of morpholine rings is 1. The van der Waals surface area contributed by atoms with Crippen LogP contribution in [0.1, 0.15) is 6.92 Å². The van der Waals surface area contributed by atoms with E-state index in [4.69, 9.17) is 5.11 Å². The van der Waals surface area contributed by atoms with E-state index in [0.717, 1.165) is 0 Å². The van der Waals surface area contributed by atoms with E-state index in [0.29, 0.717) is 19.7 Å². The van der Waals surface area contributed by atoms with Gasteiger partial charge >= 0.3 is 0 Å². The molecule has 5 heteroatoms. The maximum Gasteiger partial charge on any atom is 0.278 e. The summed E-state index contributed by atoms with van der Waals surface area (Å²) in [6, 6.07) is 0. The van der Waals surface area contributed by atoms with E-state index in [1.54, 1.807) is 6.92 Å². The molecule has 0 radical (unpaired) electrons. The summed E-state index contributed by atoms with van der Waals surface area (Å²) < 4.78 is 4.64. The molecule has 0 aromatic rings. The van der Waals surface area contributed by atoms with Crippen molar-refractivity contribution in [1.82, 2.24) is 4.90 Å². The summed E-state index contributed by atoms with van der Waals surface area (Å²) in [7, 11) is 0. The zero-order chi connectivity index (χ0) is 8.48. The molecule has 1 saturated heterocycles. The minimum absolute atomic E-state index is 0.317. The van der Waals surface area contributed by atoms with Crippen molar-refractivity contribution in [2.75, 3.05) is 19.7 Å². The van der Waals surface area contributed by atoms with Gasteiger partial charge < -0.3 is 20.1 Å². The Kier molecular flexibility index (Phi) is 2.46. The van der Waals surface area contributed by atoms with Crippen molar-refractivity contribution in [3.63, 3.8) is 0 Å². The van der Waals surface area contributed by atoms with E-state index in [-0.39, 0.29) is 0 Å². The first-order valence-corrected chi connectivity index (χ1v) is 3.58. The summed E-state index contributed by atoms with van der Waals surface area (Å²) in [5.74, 6) is -2.23. The number of hydrogen-bond acceptors (Lipinski definition) is 5. The molecule has 0 aromatic heterocycles. The van der Waals surface area contributed by atoms with Crippen LogP contribution in [0.3, 0.4) is 0 Å². The first-order valence-electron chi connectivity index (χ1n) is 3.58. The van der Waals surface area contributed by atoms with E-state index >= 15 is 0 Å². The summed E-state index contributed by atoms with van der Waals surface area (Å²) in [6.45, 7) is 2.98. The van der Waals surface area contributed by atoms with Crippen LogP contribution in [-0.4, -0.2) is 52.1 Å². The van der Waals surface area contributed by atoms with Gasteiger partial charge in [0.1, 0.15) is 0 Å². The molecule has 0 aromatic carbocycles. The van der Waals surface area contributed by atoms with E-state index in [2.05, 4.69) is 4.74 Å². The first-order chi connectivity index (χ1) is 5.09. The predicted molar refractivity (Wildman–Crippen MR) is 36.4 cm³/mol. The zero-order valence-electron chi connectivity index (χ0n) is 6.40. The van der Waals surface area contributed by atoms with Gasteiger partial charge in [0, 0.05) is 13.1 Å². The van der Waals surface area contributed by atoms with Gasteiger partial charge in [-0.15, -0.1) is 0 Å². The summed E-state index contributed by atoms with van der Waals surface area (Å²) >= 11 is 0. The quantitative estimate of drug-likeness (QED) is 0.402. The molecule has 0 spiro atoms. The lowest BCUT2D eigenvalue weighted by molar-refractivity contribution is -0.390. The Bertz CT molecular complexity index is 139. The van der Waals surface area contributed by atoms with Crippen LogP contribution in [0.2, 0.25) is 0 Å². The van der Waals surface area contributed by atoms with Crippen LogP contribution in [0, 0.1) is 0 Å². The topological polar surface area (TPSA) is 73.2 Å². The Hall–Kier alpha value is -0.200. The fourth-order valence-corrected chi connectivity index (χ4v) is 1.10. The molecule has 5 nitrogen and oxygen atoms in total. The van der Waals surface area contributed by atoms with Crippen molar-refractivity contribution in [1.29, 1.82) is 0 Å². The maximum atomic E-state index is 9.21. The summed E-state index contributed by atoms with van der Waals surface area (Å²) in [6.07, 6.45) is -1.53. The summed E-state index contributed by atoms with van der Waals surface area (Å²) in [4.78, 5) is 1.33.